The number of hydrogen-bond donors (Lipinski definition) is 2. The fourth-order valence-corrected chi connectivity index (χ4v) is 2.22. The highest BCUT2D eigenvalue weighted by Gasteiger charge is 2.26. The smallest absolute Gasteiger partial charge is 0.259 e. The van der Waals surface area contributed by atoms with Crippen LogP contribution in [0.15, 0.2) is 18.2 Å². The standard InChI is InChI=1S/C14H18N2O2/c1-3-5-9(4-2)15-10-6-7-11-12(8-10)14(18)16-13(11)17/h6-9,15H,3-5H2,1-2H3,(H,16,17,18). The first kappa shape index (κ1) is 12.6. The first-order valence-corrected chi connectivity index (χ1v) is 6.42. The number of carbonyl (C=O) groups is 2. The lowest BCUT2D eigenvalue weighted by Gasteiger charge is -2.17. The third-order valence-corrected chi connectivity index (χ3v) is 3.24. The Labute approximate surface area is 107 Å². The van der Waals surface area contributed by atoms with Crippen LogP contribution in [0.3, 0.4) is 0 Å². The Morgan fingerprint density at radius 3 is 2.56 bits per heavy atom. The van der Waals surface area contributed by atoms with Crippen molar-refractivity contribution in [2.75, 3.05) is 5.32 Å². The van der Waals surface area contributed by atoms with E-state index in [1.807, 2.05) is 6.07 Å². The van der Waals surface area contributed by atoms with Gasteiger partial charge in [0, 0.05) is 11.7 Å². The van der Waals surface area contributed by atoms with Crippen molar-refractivity contribution in [1.82, 2.24) is 5.32 Å². The maximum absolute atomic E-state index is 11.5. The molecule has 0 fully saturated rings. The van der Waals surface area contributed by atoms with Gasteiger partial charge in [0.1, 0.15) is 0 Å². The van der Waals surface area contributed by atoms with Crippen LogP contribution in [0, 0.1) is 0 Å². The third-order valence-electron chi connectivity index (χ3n) is 3.24. The monoisotopic (exact) mass is 246 g/mol. The van der Waals surface area contributed by atoms with Crippen LogP contribution in [0.1, 0.15) is 53.8 Å². The maximum atomic E-state index is 11.5. The maximum Gasteiger partial charge on any atom is 0.259 e. The molecular formula is C14H18N2O2. The molecule has 0 aliphatic carbocycles. The summed E-state index contributed by atoms with van der Waals surface area (Å²) in [6.07, 6.45) is 3.25. The molecule has 0 aromatic heterocycles. The number of rotatable bonds is 5. The first-order valence-electron chi connectivity index (χ1n) is 6.42. The van der Waals surface area contributed by atoms with Crippen LogP contribution >= 0.6 is 0 Å². The Hall–Kier alpha value is -1.84. The topological polar surface area (TPSA) is 58.2 Å². The second kappa shape index (κ2) is 5.21. The summed E-state index contributed by atoms with van der Waals surface area (Å²) in [5.74, 6) is -0.607. The highest BCUT2D eigenvalue weighted by molar-refractivity contribution is 6.21. The van der Waals surface area contributed by atoms with E-state index in [2.05, 4.69) is 24.5 Å². The van der Waals surface area contributed by atoms with Gasteiger partial charge in [-0.2, -0.15) is 0 Å². The zero-order valence-electron chi connectivity index (χ0n) is 10.7. The van der Waals surface area contributed by atoms with Crippen LogP contribution in [0.4, 0.5) is 5.69 Å². The van der Waals surface area contributed by atoms with Gasteiger partial charge in [0.2, 0.25) is 0 Å². The molecule has 0 radical (unpaired) electrons. The van der Waals surface area contributed by atoms with E-state index in [4.69, 9.17) is 0 Å². The van der Waals surface area contributed by atoms with E-state index < -0.39 is 0 Å². The molecule has 0 saturated heterocycles. The lowest BCUT2D eigenvalue weighted by atomic mass is 10.1. The van der Waals surface area contributed by atoms with Gasteiger partial charge < -0.3 is 5.32 Å². The molecule has 1 aliphatic heterocycles. The van der Waals surface area contributed by atoms with Crippen molar-refractivity contribution in [2.45, 2.75) is 39.2 Å². The molecule has 1 atom stereocenters. The second-order valence-corrected chi connectivity index (χ2v) is 4.58. The van der Waals surface area contributed by atoms with E-state index in [1.54, 1.807) is 12.1 Å². The molecule has 4 nitrogen and oxygen atoms in total. The van der Waals surface area contributed by atoms with E-state index in [1.165, 1.54) is 0 Å². The number of amides is 2. The highest BCUT2D eigenvalue weighted by Crippen LogP contribution is 2.21. The number of hydrogen-bond acceptors (Lipinski definition) is 3. The van der Waals surface area contributed by atoms with E-state index in [0.29, 0.717) is 17.2 Å². The van der Waals surface area contributed by atoms with Gasteiger partial charge in [-0.1, -0.05) is 20.3 Å². The third kappa shape index (κ3) is 2.37. The van der Waals surface area contributed by atoms with Crippen LogP contribution in [-0.4, -0.2) is 17.9 Å². The molecule has 0 spiro atoms. The molecule has 4 heteroatoms. The number of benzene rings is 1. The molecule has 0 bridgehead atoms. The summed E-state index contributed by atoms with van der Waals surface area (Å²) in [5.41, 5.74) is 1.84. The van der Waals surface area contributed by atoms with Crippen molar-refractivity contribution in [3.63, 3.8) is 0 Å². The number of fused-ring (bicyclic) bond motifs is 1. The lowest BCUT2D eigenvalue weighted by Crippen LogP contribution is -2.20. The molecule has 0 saturated carbocycles. The molecule has 1 aromatic rings. The summed E-state index contributed by atoms with van der Waals surface area (Å²) < 4.78 is 0. The lowest BCUT2D eigenvalue weighted by molar-refractivity contribution is 0.0879. The predicted octanol–water partition coefficient (Wildman–Crippen LogP) is 2.56. The summed E-state index contributed by atoms with van der Waals surface area (Å²) in [7, 11) is 0. The van der Waals surface area contributed by atoms with E-state index >= 15 is 0 Å². The van der Waals surface area contributed by atoms with Gasteiger partial charge in [-0.05, 0) is 31.0 Å². The number of imide groups is 1. The Morgan fingerprint density at radius 2 is 1.89 bits per heavy atom. The van der Waals surface area contributed by atoms with Gasteiger partial charge >= 0.3 is 0 Å². The molecule has 96 valence electrons. The molecule has 18 heavy (non-hydrogen) atoms. The van der Waals surface area contributed by atoms with Gasteiger partial charge in [-0.3, -0.25) is 14.9 Å². The van der Waals surface area contributed by atoms with Crippen molar-refractivity contribution < 1.29 is 9.59 Å². The van der Waals surface area contributed by atoms with Crippen LogP contribution in [0.5, 0.6) is 0 Å². The number of nitrogens with one attached hydrogen (secondary N) is 2. The number of anilines is 1. The summed E-state index contributed by atoms with van der Waals surface area (Å²) in [5, 5.41) is 5.70. The molecule has 1 unspecified atom stereocenters. The van der Waals surface area contributed by atoms with Crippen molar-refractivity contribution in [3.8, 4) is 0 Å². The average Bonchev–Trinajstić information content (AvgIpc) is 2.64. The summed E-state index contributed by atoms with van der Waals surface area (Å²) in [4.78, 5) is 23.0. The van der Waals surface area contributed by atoms with Gasteiger partial charge in [0.15, 0.2) is 0 Å². The van der Waals surface area contributed by atoms with Gasteiger partial charge in [0.25, 0.3) is 11.8 Å². The summed E-state index contributed by atoms with van der Waals surface area (Å²) in [6, 6.07) is 5.73. The quantitative estimate of drug-likeness (QED) is 0.785. The fourth-order valence-electron chi connectivity index (χ4n) is 2.22. The minimum atomic E-state index is -0.304. The van der Waals surface area contributed by atoms with Crippen molar-refractivity contribution in [3.05, 3.63) is 29.3 Å². The summed E-state index contributed by atoms with van der Waals surface area (Å²) in [6.45, 7) is 4.29. The van der Waals surface area contributed by atoms with Crippen LogP contribution in [0.2, 0.25) is 0 Å². The van der Waals surface area contributed by atoms with E-state index in [9.17, 15) is 9.59 Å². The Balaban J connectivity index is 2.19. The van der Waals surface area contributed by atoms with Crippen LogP contribution in [-0.2, 0) is 0 Å². The zero-order valence-corrected chi connectivity index (χ0v) is 10.7. The minimum Gasteiger partial charge on any atom is -0.382 e. The SMILES string of the molecule is CCCC(CC)Nc1ccc2c(c1)C(=O)NC2=O. The van der Waals surface area contributed by atoms with E-state index in [0.717, 1.165) is 24.9 Å². The predicted molar refractivity (Wildman–Crippen MR) is 70.8 cm³/mol. The average molecular weight is 246 g/mol. The number of carbonyl (C=O) groups excluding carboxylic acids is 2. The highest BCUT2D eigenvalue weighted by atomic mass is 16.2. The van der Waals surface area contributed by atoms with Crippen LogP contribution < -0.4 is 10.6 Å². The van der Waals surface area contributed by atoms with Crippen LogP contribution in [0.25, 0.3) is 0 Å². The Morgan fingerprint density at radius 1 is 1.17 bits per heavy atom. The molecule has 1 heterocycles. The minimum absolute atomic E-state index is 0.304. The fraction of sp³-hybridized carbons (Fsp3) is 0.429. The molecule has 1 aromatic carbocycles. The zero-order chi connectivity index (χ0) is 13.1. The van der Waals surface area contributed by atoms with Crippen molar-refractivity contribution in [1.29, 1.82) is 0 Å². The Bertz CT molecular complexity index is 483. The molecular weight excluding hydrogens is 228 g/mol. The van der Waals surface area contributed by atoms with Gasteiger partial charge in [-0.25, -0.2) is 0 Å². The second-order valence-electron chi connectivity index (χ2n) is 4.58. The first-order chi connectivity index (χ1) is 8.65. The van der Waals surface area contributed by atoms with Gasteiger partial charge in [-0.15, -0.1) is 0 Å². The molecule has 2 N–H and O–H groups in total. The van der Waals surface area contributed by atoms with Crippen molar-refractivity contribution in [2.24, 2.45) is 0 Å². The van der Waals surface area contributed by atoms with E-state index in [-0.39, 0.29) is 11.8 Å². The van der Waals surface area contributed by atoms with Gasteiger partial charge in [0.05, 0.1) is 11.1 Å². The normalized spacial score (nSPS) is 15.2. The Kier molecular flexibility index (Phi) is 3.65. The largest absolute Gasteiger partial charge is 0.382 e. The molecule has 2 amide bonds. The molecule has 1 aliphatic rings. The summed E-state index contributed by atoms with van der Waals surface area (Å²) >= 11 is 0. The molecule has 2 rings (SSSR count). The van der Waals surface area contributed by atoms with Crippen molar-refractivity contribution >= 4 is 17.5 Å².